The lowest BCUT2D eigenvalue weighted by Gasteiger charge is -2.33. The number of nitrogens with one attached hydrogen (secondary N) is 1. The Morgan fingerprint density at radius 2 is 2.25 bits per heavy atom. The molecule has 1 aliphatic rings. The highest BCUT2D eigenvalue weighted by Gasteiger charge is 2.24. The third kappa shape index (κ3) is 2.73. The summed E-state index contributed by atoms with van der Waals surface area (Å²) in [4.78, 5) is 0. The van der Waals surface area contributed by atoms with Gasteiger partial charge in [-0.3, -0.25) is 0 Å². The Hall–Kier alpha value is -0.120. The fraction of sp³-hybridized carbons (Fsp3) is 1.00. The van der Waals surface area contributed by atoms with Gasteiger partial charge in [0.1, 0.15) is 0 Å². The van der Waals surface area contributed by atoms with Crippen LogP contribution in [-0.4, -0.2) is 30.3 Å². The number of nitrogens with two attached hydrogens (primary N) is 1. The average Bonchev–Trinajstić information content (AvgIpc) is 2.07. The lowest BCUT2D eigenvalue weighted by molar-refractivity contribution is 0.229. The van der Waals surface area contributed by atoms with Crippen LogP contribution in [0.2, 0.25) is 0 Å². The SMILES string of the molecule is CC1CCC(N)CC1NCCO. The van der Waals surface area contributed by atoms with Crippen LogP contribution in [0.5, 0.6) is 0 Å². The van der Waals surface area contributed by atoms with Gasteiger partial charge in [0, 0.05) is 18.6 Å². The van der Waals surface area contributed by atoms with E-state index in [1.165, 1.54) is 6.42 Å². The first-order valence-corrected chi connectivity index (χ1v) is 4.84. The molecule has 0 aromatic rings. The zero-order valence-electron chi connectivity index (χ0n) is 7.79. The fourth-order valence-corrected chi connectivity index (χ4v) is 1.89. The first kappa shape index (κ1) is 9.96. The summed E-state index contributed by atoms with van der Waals surface area (Å²) in [6.45, 7) is 3.17. The summed E-state index contributed by atoms with van der Waals surface area (Å²) in [7, 11) is 0. The normalized spacial score (nSPS) is 36.8. The minimum atomic E-state index is 0.221. The average molecular weight is 172 g/mol. The van der Waals surface area contributed by atoms with Crippen molar-refractivity contribution in [3.8, 4) is 0 Å². The summed E-state index contributed by atoms with van der Waals surface area (Å²) in [6.07, 6.45) is 3.42. The van der Waals surface area contributed by atoms with Gasteiger partial charge in [0.25, 0.3) is 0 Å². The number of aliphatic hydroxyl groups is 1. The molecule has 4 N–H and O–H groups in total. The molecule has 1 rings (SSSR count). The molecule has 0 aromatic carbocycles. The van der Waals surface area contributed by atoms with E-state index in [1.54, 1.807) is 0 Å². The topological polar surface area (TPSA) is 58.3 Å². The lowest BCUT2D eigenvalue weighted by Crippen LogP contribution is -2.45. The minimum absolute atomic E-state index is 0.221. The molecular weight excluding hydrogens is 152 g/mol. The molecule has 3 nitrogen and oxygen atoms in total. The summed E-state index contributed by atoms with van der Waals surface area (Å²) in [6, 6.07) is 0.873. The Morgan fingerprint density at radius 1 is 1.50 bits per heavy atom. The molecule has 0 radical (unpaired) electrons. The third-order valence-electron chi connectivity index (χ3n) is 2.75. The standard InChI is InChI=1S/C9H20N2O/c1-7-2-3-8(10)6-9(7)11-4-5-12/h7-9,11-12H,2-6,10H2,1H3. The summed E-state index contributed by atoms with van der Waals surface area (Å²) >= 11 is 0. The van der Waals surface area contributed by atoms with Crippen molar-refractivity contribution in [1.82, 2.24) is 5.32 Å². The minimum Gasteiger partial charge on any atom is -0.395 e. The van der Waals surface area contributed by atoms with E-state index in [4.69, 9.17) is 10.8 Å². The monoisotopic (exact) mass is 172 g/mol. The van der Waals surface area contributed by atoms with Gasteiger partial charge in [-0.1, -0.05) is 6.92 Å². The Kier molecular flexibility index (Phi) is 3.98. The van der Waals surface area contributed by atoms with Gasteiger partial charge in [-0.15, -0.1) is 0 Å². The molecule has 1 aliphatic carbocycles. The second-order valence-electron chi connectivity index (χ2n) is 3.83. The largest absolute Gasteiger partial charge is 0.395 e. The summed E-state index contributed by atoms with van der Waals surface area (Å²) < 4.78 is 0. The highest BCUT2D eigenvalue weighted by atomic mass is 16.3. The highest BCUT2D eigenvalue weighted by molar-refractivity contribution is 4.84. The maximum Gasteiger partial charge on any atom is 0.0556 e. The Labute approximate surface area is 74.3 Å². The van der Waals surface area contributed by atoms with Crippen LogP contribution in [0.15, 0.2) is 0 Å². The maximum atomic E-state index is 8.66. The van der Waals surface area contributed by atoms with E-state index in [0.717, 1.165) is 12.8 Å². The number of rotatable bonds is 3. The second kappa shape index (κ2) is 4.80. The molecular formula is C9H20N2O. The molecule has 0 aromatic heterocycles. The van der Waals surface area contributed by atoms with E-state index in [-0.39, 0.29) is 6.61 Å². The molecule has 72 valence electrons. The predicted octanol–water partition coefficient (Wildman–Crippen LogP) is 0.0842. The maximum absolute atomic E-state index is 8.66. The molecule has 0 bridgehead atoms. The molecule has 12 heavy (non-hydrogen) atoms. The van der Waals surface area contributed by atoms with Gasteiger partial charge in [-0.05, 0) is 25.2 Å². The molecule has 0 aliphatic heterocycles. The Balaban J connectivity index is 2.28. The first-order valence-electron chi connectivity index (χ1n) is 4.84. The van der Waals surface area contributed by atoms with E-state index in [1.807, 2.05) is 0 Å². The zero-order valence-corrected chi connectivity index (χ0v) is 7.79. The van der Waals surface area contributed by atoms with Gasteiger partial charge in [-0.2, -0.15) is 0 Å². The molecule has 1 saturated carbocycles. The quantitative estimate of drug-likeness (QED) is 0.565. The summed E-state index contributed by atoms with van der Waals surface area (Å²) in [5.41, 5.74) is 5.86. The number of aliphatic hydroxyl groups excluding tert-OH is 1. The van der Waals surface area contributed by atoms with Crippen LogP contribution in [-0.2, 0) is 0 Å². The third-order valence-corrected chi connectivity index (χ3v) is 2.75. The van der Waals surface area contributed by atoms with Gasteiger partial charge in [-0.25, -0.2) is 0 Å². The van der Waals surface area contributed by atoms with Crippen molar-refractivity contribution in [2.75, 3.05) is 13.2 Å². The van der Waals surface area contributed by atoms with Gasteiger partial charge < -0.3 is 16.2 Å². The van der Waals surface area contributed by atoms with E-state index in [9.17, 15) is 0 Å². The fourth-order valence-electron chi connectivity index (χ4n) is 1.89. The molecule has 0 amide bonds. The van der Waals surface area contributed by atoms with Gasteiger partial charge in [0.15, 0.2) is 0 Å². The van der Waals surface area contributed by atoms with E-state index in [2.05, 4.69) is 12.2 Å². The van der Waals surface area contributed by atoms with Gasteiger partial charge in [0.2, 0.25) is 0 Å². The van der Waals surface area contributed by atoms with Crippen LogP contribution < -0.4 is 11.1 Å². The van der Waals surface area contributed by atoms with Crippen molar-refractivity contribution < 1.29 is 5.11 Å². The summed E-state index contributed by atoms with van der Waals surface area (Å²) in [5.74, 6) is 0.705. The second-order valence-corrected chi connectivity index (χ2v) is 3.83. The van der Waals surface area contributed by atoms with E-state index >= 15 is 0 Å². The van der Waals surface area contributed by atoms with Crippen LogP contribution in [0.25, 0.3) is 0 Å². The smallest absolute Gasteiger partial charge is 0.0556 e. The molecule has 3 unspecified atom stereocenters. The first-order chi connectivity index (χ1) is 5.74. The zero-order chi connectivity index (χ0) is 8.97. The van der Waals surface area contributed by atoms with E-state index in [0.29, 0.717) is 24.5 Å². The van der Waals surface area contributed by atoms with Crippen molar-refractivity contribution >= 4 is 0 Å². The molecule has 1 fully saturated rings. The summed E-state index contributed by atoms with van der Waals surface area (Å²) in [5, 5.41) is 12.0. The van der Waals surface area contributed by atoms with Crippen molar-refractivity contribution in [2.45, 2.75) is 38.3 Å². The predicted molar refractivity (Wildman–Crippen MR) is 49.9 cm³/mol. The van der Waals surface area contributed by atoms with Crippen molar-refractivity contribution in [3.63, 3.8) is 0 Å². The Bertz CT molecular complexity index is 130. The van der Waals surface area contributed by atoms with Crippen molar-refractivity contribution in [3.05, 3.63) is 0 Å². The van der Waals surface area contributed by atoms with Crippen LogP contribution in [0, 0.1) is 5.92 Å². The Morgan fingerprint density at radius 3 is 2.92 bits per heavy atom. The molecule has 3 atom stereocenters. The molecule has 0 saturated heterocycles. The van der Waals surface area contributed by atoms with Gasteiger partial charge >= 0.3 is 0 Å². The van der Waals surface area contributed by atoms with Crippen molar-refractivity contribution in [2.24, 2.45) is 11.7 Å². The molecule has 0 heterocycles. The van der Waals surface area contributed by atoms with Crippen molar-refractivity contribution in [1.29, 1.82) is 0 Å². The van der Waals surface area contributed by atoms with Crippen LogP contribution in [0.1, 0.15) is 26.2 Å². The number of hydrogen-bond acceptors (Lipinski definition) is 3. The molecule has 0 spiro atoms. The van der Waals surface area contributed by atoms with Crippen LogP contribution in [0.4, 0.5) is 0 Å². The van der Waals surface area contributed by atoms with Crippen LogP contribution in [0.3, 0.4) is 0 Å². The van der Waals surface area contributed by atoms with Gasteiger partial charge in [0.05, 0.1) is 6.61 Å². The number of hydrogen-bond donors (Lipinski definition) is 3. The lowest BCUT2D eigenvalue weighted by atomic mass is 9.83. The highest BCUT2D eigenvalue weighted by Crippen LogP contribution is 2.22. The van der Waals surface area contributed by atoms with Crippen LogP contribution >= 0.6 is 0 Å². The van der Waals surface area contributed by atoms with E-state index < -0.39 is 0 Å². The molecule has 3 heteroatoms.